The van der Waals surface area contributed by atoms with Gasteiger partial charge < -0.3 is 11.1 Å². The van der Waals surface area contributed by atoms with E-state index in [0.717, 1.165) is 6.54 Å². The monoisotopic (exact) mass is 283 g/mol. The topological polar surface area (TPSA) is 98.2 Å². The van der Waals surface area contributed by atoms with Gasteiger partial charge in [0, 0.05) is 12.2 Å². The summed E-state index contributed by atoms with van der Waals surface area (Å²) in [7, 11) is -3.76. The Balaban J connectivity index is 2.16. The number of nitrogen functional groups attached to an aromatic ring is 1. The normalized spacial score (nSPS) is 23.5. The van der Waals surface area contributed by atoms with E-state index in [0.29, 0.717) is 23.2 Å². The van der Waals surface area contributed by atoms with Crippen molar-refractivity contribution in [2.75, 3.05) is 17.6 Å². The van der Waals surface area contributed by atoms with Crippen LogP contribution in [0.25, 0.3) is 0 Å². The van der Waals surface area contributed by atoms with Crippen LogP contribution in [-0.4, -0.2) is 15.0 Å². The number of hydrogen-bond acceptors (Lipinski definition) is 4. The highest BCUT2D eigenvalue weighted by Crippen LogP contribution is 2.32. The molecule has 106 valence electrons. The van der Waals surface area contributed by atoms with Crippen LogP contribution in [0.15, 0.2) is 23.1 Å². The van der Waals surface area contributed by atoms with Crippen LogP contribution in [0.2, 0.25) is 0 Å². The van der Waals surface area contributed by atoms with Gasteiger partial charge in [0.2, 0.25) is 10.0 Å². The first-order chi connectivity index (χ1) is 8.88. The first kappa shape index (κ1) is 14.1. The molecule has 2 atom stereocenters. The lowest BCUT2D eigenvalue weighted by atomic mass is 9.98. The van der Waals surface area contributed by atoms with Crippen molar-refractivity contribution in [3.63, 3.8) is 0 Å². The molecule has 5 N–H and O–H groups in total. The molecule has 1 aromatic rings. The lowest BCUT2D eigenvalue weighted by Gasteiger charge is -2.18. The third-order valence-electron chi connectivity index (χ3n) is 3.91. The quantitative estimate of drug-likeness (QED) is 0.733. The van der Waals surface area contributed by atoms with Crippen LogP contribution in [-0.2, 0) is 10.0 Å². The van der Waals surface area contributed by atoms with E-state index in [1.54, 1.807) is 12.1 Å². The van der Waals surface area contributed by atoms with Crippen LogP contribution in [0.5, 0.6) is 0 Å². The molecule has 1 aromatic carbocycles. The Labute approximate surface area is 114 Å². The van der Waals surface area contributed by atoms with Gasteiger partial charge in [0.1, 0.15) is 4.90 Å². The predicted octanol–water partition coefficient (Wildman–Crippen LogP) is 1.76. The number of nitrogens with one attached hydrogen (secondary N) is 1. The van der Waals surface area contributed by atoms with Crippen molar-refractivity contribution in [2.24, 2.45) is 17.0 Å². The standard InChI is InChI=1S/C13H21N3O2S/c1-9-3-2-4-10(9)8-16-12-6-5-11(14)7-13(12)19(15,17)18/h5-7,9-10,16H,2-4,8,14H2,1H3,(H2,15,17,18). The second kappa shape index (κ2) is 5.38. The van der Waals surface area contributed by atoms with Crippen LogP contribution >= 0.6 is 0 Å². The minimum Gasteiger partial charge on any atom is -0.399 e. The number of benzene rings is 1. The maximum atomic E-state index is 11.5. The average Bonchev–Trinajstić information content (AvgIpc) is 2.72. The fraction of sp³-hybridized carbons (Fsp3) is 0.538. The van der Waals surface area contributed by atoms with E-state index in [-0.39, 0.29) is 4.90 Å². The summed E-state index contributed by atoms with van der Waals surface area (Å²) in [5.41, 5.74) is 6.55. The highest BCUT2D eigenvalue weighted by atomic mass is 32.2. The Morgan fingerprint density at radius 2 is 2.11 bits per heavy atom. The van der Waals surface area contributed by atoms with E-state index in [1.807, 2.05) is 0 Å². The fourth-order valence-corrected chi connectivity index (χ4v) is 3.43. The summed E-state index contributed by atoms with van der Waals surface area (Å²) in [5, 5.41) is 8.42. The summed E-state index contributed by atoms with van der Waals surface area (Å²) >= 11 is 0. The predicted molar refractivity (Wildman–Crippen MR) is 77.2 cm³/mol. The minimum atomic E-state index is -3.76. The smallest absolute Gasteiger partial charge is 0.240 e. The summed E-state index contributed by atoms with van der Waals surface area (Å²) in [4.78, 5) is 0.0677. The van der Waals surface area contributed by atoms with Gasteiger partial charge in [-0.2, -0.15) is 0 Å². The van der Waals surface area contributed by atoms with Crippen molar-refractivity contribution < 1.29 is 8.42 Å². The highest BCUT2D eigenvalue weighted by molar-refractivity contribution is 7.89. The molecule has 1 aliphatic rings. The summed E-state index contributed by atoms with van der Waals surface area (Å²) in [6, 6.07) is 4.75. The molecular formula is C13H21N3O2S. The van der Waals surface area contributed by atoms with Crippen LogP contribution < -0.4 is 16.2 Å². The van der Waals surface area contributed by atoms with Crippen molar-refractivity contribution >= 4 is 21.4 Å². The van der Waals surface area contributed by atoms with E-state index in [2.05, 4.69) is 12.2 Å². The molecule has 1 saturated carbocycles. The molecule has 0 bridgehead atoms. The zero-order valence-corrected chi connectivity index (χ0v) is 11.9. The number of nitrogens with two attached hydrogens (primary N) is 2. The minimum absolute atomic E-state index is 0.0677. The van der Waals surface area contributed by atoms with Crippen LogP contribution in [0.1, 0.15) is 26.2 Å². The molecule has 0 amide bonds. The molecular weight excluding hydrogens is 262 g/mol. The molecule has 1 aliphatic carbocycles. The van der Waals surface area contributed by atoms with E-state index < -0.39 is 10.0 Å². The molecule has 0 saturated heterocycles. The Hall–Kier alpha value is -1.27. The SMILES string of the molecule is CC1CCCC1CNc1ccc(N)cc1S(N)(=O)=O. The van der Waals surface area contributed by atoms with Crippen LogP contribution in [0.3, 0.4) is 0 Å². The lowest BCUT2D eigenvalue weighted by molar-refractivity contribution is 0.439. The summed E-state index contributed by atoms with van der Waals surface area (Å²) < 4.78 is 23.1. The van der Waals surface area contributed by atoms with Crippen molar-refractivity contribution in [1.29, 1.82) is 0 Å². The van der Waals surface area contributed by atoms with Crippen LogP contribution in [0.4, 0.5) is 11.4 Å². The van der Waals surface area contributed by atoms with Gasteiger partial charge in [0.05, 0.1) is 5.69 Å². The van der Waals surface area contributed by atoms with Gasteiger partial charge in [-0.25, -0.2) is 13.6 Å². The van der Waals surface area contributed by atoms with Crippen molar-refractivity contribution in [1.82, 2.24) is 0 Å². The second-order valence-electron chi connectivity index (χ2n) is 5.35. The Bertz CT molecular complexity index is 557. The zero-order valence-electron chi connectivity index (χ0n) is 11.1. The van der Waals surface area contributed by atoms with Gasteiger partial charge in [-0.1, -0.05) is 19.8 Å². The summed E-state index contributed by atoms with van der Waals surface area (Å²) in [6.07, 6.45) is 3.68. The molecule has 1 fully saturated rings. The maximum Gasteiger partial charge on any atom is 0.240 e. The molecule has 5 nitrogen and oxygen atoms in total. The van der Waals surface area contributed by atoms with Gasteiger partial charge in [-0.15, -0.1) is 0 Å². The number of rotatable bonds is 4. The average molecular weight is 283 g/mol. The number of hydrogen-bond donors (Lipinski definition) is 3. The molecule has 0 spiro atoms. The summed E-state index contributed by atoms with van der Waals surface area (Å²) in [6.45, 7) is 3.01. The molecule has 0 radical (unpaired) electrons. The third kappa shape index (κ3) is 3.39. The Morgan fingerprint density at radius 1 is 1.37 bits per heavy atom. The number of anilines is 2. The molecule has 2 unspecified atom stereocenters. The highest BCUT2D eigenvalue weighted by Gasteiger charge is 2.23. The maximum absolute atomic E-state index is 11.5. The van der Waals surface area contributed by atoms with Crippen molar-refractivity contribution in [2.45, 2.75) is 31.1 Å². The van der Waals surface area contributed by atoms with E-state index in [9.17, 15) is 8.42 Å². The van der Waals surface area contributed by atoms with Gasteiger partial charge >= 0.3 is 0 Å². The number of primary sulfonamides is 1. The van der Waals surface area contributed by atoms with Gasteiger partial charge in [-0.3, -0.25) is 0 Å². The van der Waals surface area contributed by atoms with Gasteiger partial charge in [0.25, 0.3) is 0 Å². The van der Waals surface area contributed by atoms with Crippen molar-refractivity contribution in [3.05, 3.63) is 18.2 Å². The molecule has 0 aliphatic heterocycles. The molecule has 0 heterocycles. The van der Waals surface area contributed by atoms with Crippen molar-refractivity contribution in [3.8, 4) is 0 Å². The van der Waals surface area contributed by atoms with Gasteiger partial charge in [0.15, 0.2) is 0 Å². The van der Waals surface area contributed by atoms with Gasteiger partial charge in [-0.05, 0) is 36.5 Å². The number of sulfonamides is 1. The second-order valence-corrected chi connectivity index (χ2v) is 6.88. The Kier molecular flexibility index (Phi) is 4.01. The lowest BCUT2D eigenvalue weighted by Crippen LogP contribution is -2.20. The molecule has 2 rings (SSSR count). The zero-order chi connectivity index (χ0) is 14.0. The third-order valence-corrected chi connectivity index (χ3v) is 4.86. The molecule has 6 heteroatoms. The molecule has 19 heavy (non-hydrogen) atoms. The van der Waals surface area contributed by atoms with E-state index >= 15 is 0 Å². The first-order valence-electron chi connectivity index (χ1n) is 6.54. The fourth-order valence-electron chi connectivity index (χ4n) is 2.69. The first-order valence-corrected chi connectivity index (χ1v) is 8.09. The molecule has 0 aromatic heterocycles. The van der Waals surface area contributed by atoms with E-state index in [4.69, 9.17) is 10.9 Å². The van der Waals surface area contributed by atoms with E-state index in [1.165, 1.54) is 25.3 Å². The van der Waals surface area contributed by atoms with Crippen LogP contribution in [0, 0.1) is 11.8 Å². The largest absolute Gasteiger partial charge is 0.399 e. The summed E-state index contributed by atoms with van der Waals surface area (Å²) in [5.74, 6) is 1.27. The Morgan fingerprint density at radius 3 is 2.68 bits per heavy atom.